The average Bonchev–Trinajstić information content (AvgIpc) is 2.49. The molecule has 0 fully saturated rings. The Morgan fingerprint density at radius 2 is 2.46 bits per heavy atom. The summed E-state index contributed by atoms with van der Waals surface area (Å²) in [5.74, 6) is 0.0703. The molecule has 0 aliphatic carbocycles. The Kier molecular flexibility index (Phi) is 3.35. The number of amides is 1. The minimum absolute atomic E-state index is 0.157. The molecule has 7 heteroatoms. The highest BCUT2D eigenvalue weighted by Gasteiger charge is 2.14. The molecule has 0 radical (unpaired) electrons. The third-order valence-electron chi connectivity index (χ3n) is 1.39. The van der Waals surface area contributed by atoms with Gasteiger partial charge in [0.05, 0.1) is 11.9 Å². The predicted octanol–water partition coefficient (Wildman–Crippen LogP) is 0.322. The number of alkyl halides is 1. The maximum absolute atomic E-state index is 11.3. The highest BCUT2D eigenvalue weighted by Crippen LogP contribution is 2.06. The lowest BCUT2D eigenvalue weighted by molar-refractivity contribution is -0.115. The van der Waals surface area contributed by atoms with Crippen LogP contribution in [0.1, 0.15) is 13.3 Å². The number of aryl methyl sites for hydroxylation is 1. The number of nitrogens with one attached hydrogen (secondary N) is 1. The van der Waals surface area contributed by atoms with Gasteiger partial charge in [0.2, 0.25) is 5.91 Å². The molecule has 0 aliphatic rings. The Hall–Kier alpha value is -0.980. The fourth-order valence-electron chi connectivity index (χ4n) is 0.708. The molecule has 1 rings (SSSR count). The molecule has 1 amide bonds. The molecule has 1 atom stereocenters. The van der Waals surface area contributed by atoms with Gasteiger partial charge >= 0.3 is 0 Å². The standard InChI is InChI=1S/C6H10BrN5O/c1-3-4(7)5(13)8-6-9-11-12(2)10-6/h4H,3H2,1-2H3,(H,8,10,13). The van der Waals surface area contributed by atoms with Gasteiger partial charge in [0, 0.05) is 0 Å². The second kappa shape index (κ2) is 4.31. The third-order valence-corrected chi connectivity index (χ3v) is 2.45. The number of rotatable bonds is 3. The number of carbonyl (C=O) groups excluding carboxylic acids is 1. The summed E-state index contributed by atoms with van der Waals surface area (Å²) in [5, 5.41) is 13.5. The van der Waals surface area contributed by atoms with Crippen molar-refractivity contribution in [1.29, 1.82) is 0 Å². The van der Waals surface area contributed by atoms with Gasteiger partial charge in [0.1, 0.15) is 0 Å². The number of tetrazole rings is 1. The highest BCUT2D eigenvalue weighted by molar-refractivity contribution is 9.10. The maximum atomic E-state index is 11.3. The minimum atomic E-state index is -0.212. The van der Waals surface area contributed by atoms with E-state index in [0.29, 0.717) is 6.42 Å². The van der Waals surface area contributed by atoms with Crippen LogP contribution in [0.4, 0.5) is 5.95 Å². The second-order valence-corrected chi connectivity index (χ2v) is 3.57. The van der Waals surface area contributed by atoms with Gasteiger partial charge in [-0.1, -0.05) is 28.0 Å². The van der Waals surface area contributed by atoms with Crippen LogP contribution >= 0.6 is 15.9 Å². The topological polar surface area (TPSA) is 72.7 Å². The summed E-state index contributed by atoms with van der Waals surface area (Å²) in [6.07, 6.45) is 0.714. The first-order valence-electron chi connectivity index (χ1n) is 3.82. The molecule has 1 N–H and O–H groups in total. The van der Waals surface area contributed by atoms with E-state index in [2.05, 4.69) is 36.7 Å². The Balaban J connectivity index is 2.54. The van der Waals surface area contributed by atoms with Crippen molar-refractivity contribution in [3.8, 4) is 0 Å². The smallest absolute Gasteiger partial charge is 0.270 e. The van der Waals surface area contributed by atoms with E-state index in [-0.39, 0.29) is 16.7 Å². The lowest BCUT2D eigenvalue weighted by atomic mass is 10.3. The molecule has 0 aliphatic heterocycles. The lowest BCUT2D eigenvalue weighted by Gasteiger charge is -2.03. The molecular weight excluding hydrogens is 238 g/mol. The largest absolute Gasteiger partial charge is 0.291 e. The van der Waals surface area contributed by atoms with Crippen LogP contribution < -0.4 is 5.32 Å². The Morgan fingerprint density at radius 3 is 2.92 bits per heavy atom. The van der Waals surface area contributed by atoms with Gasteiger partial charge in [-0.3, -0.25) is 10.1 Å². The summed E-state index contributed by atoms with van der Waals surface area (Å²) in [5.41, 5.74) is 0. The first kappa shape index (κ1) is 10.1. The van der Waals surface area contributed by atoms with E-state index >= 15 is 0 Å². The molecule has 0 spiro atoms. The monoisotopic (exact) mass is 247 g/mol. The zero-order valence-electron chi connectivity index (χ0n) is 7.36. The first-order chi connectivity index (χ1) is 6.13. The van der Waals surface area contributed by atoms with Crippen LogP contribution in [0.15, 0.2) is 0 Å². The van der Waals surface area contributed by atoms with Crippen molar-refractivity contribution in [2.75, 3.05) is 5.32 Å². The number of hydrogen-bond acceptors (Lipinski definition) is 4. The van der Waals surface area contributed by atoms with Crippen molar-refractivity contribution in [3.63, 3.8) is 0 Å². The lowest BCUT2D eigenvalue weighted by Crippen LogP contribution is -2.22. The molecule has 13 heavy (non-hydrogen) atoms. The third kappa shape index (κ3) is 2.76. The summed E-state index contributed by atoms with van der Waals surface area (Å²) in [6, 6.07) is 0. The summed E-state index contributed by atoms with van der Waals surface area (Å²) in [7, 11) is 1.63. The van der Waals surface area contributed by atoms with Crippen molar-refractivity contribution in [1.82, 2.24) is 20.2 Å². The molecular formula is C6H10BrN5O. The number of hydrogen-bond donors (Lipinski definition) is 1. The van der Waals surface area contributed by atoms with E-state index in [1.165, 1.54) is 4.80 Å². The highest BCUT2D eigenvalue weighted by atomic mass is 79.9. The van der Waals surface area contributed by atoms with Crippen molar-refractivity contribution in [2.24, 2.45) is 7.05 Å². The van der Waals surface area contributed by atoms with Crippen molar-refractivity contribution in [3.05, 3.63) is 0 Å². The normalized spacial score (nSPS) is 12.5. The second-order valence-electron chi connectivity index (χ2n) is 2.47. The van der Waals surface area contributed by atoms with Crippen molar-refractivity contribution >= 4 is 27.8 Å². The van der Waals surface area contributed by atoms with Gasteiger partial charge < -0.3 is 0 Å². The summed E-state index contributed by atoms with van der Waals surface area (Å²) >= 11 is 3.21. The molecule has 0 saturated heterocycles. The van der Waals surface area contributed by atoms with Crippen LogP contribution in [0, 0.1) is 0 Å². The molecule has 1 heterocycles. The van der Waals surface area contributed by atoms with Gasteiger partial charge in [-0.2, -0.15) is 4.80 Å². The van der Waals surface area contributed by atoms with Crippen LogP contribution in [-0.2, 0) is 11.8 Å². The molecule has 1 aromatic rings. The van der Waals surface area contributed by atoms with Gasteiger partial charge in [-0.15, -0.1) is 5.10 Å². The summed E-state index contributed by atoms with van der Waals surface area (Å²) in [6.45, 7) is 1.91. The number of carbonyl (C=O) groups is 1. The van der Waals surface area contributed by atoms with E-state index in [1.54, 1.807) is 7.05 Å². The molecule has 6 nitrogen and oxygen atoms in total. The average molecular weight is 248 g/mol. The SMILES string of the molecule is CCC(Br)C(=O)Nc1nnn(C)n1. The van der Waals surface area contributed by atoms with Crippen molar-refractivity contribution < 1.29 is 4.79 Å². The molecule has 72 valence electrons. The van der Waals surface area contributed by atoms with Crippen LogP contribution in [-0.4, -0.2) is 30.9 Å². The Labute approximate surface area is 83.8 Å². The number of aromatic nitrogens is 4. The first-order valence-corrected chi connectivity index (χ1v) is 4.74. The van der Waals surface area contributed by atoms with Gasteiger partial charge in [0.15, 0.2) is 0 Å². The zero-order valence-corrected chi connectivity index (χ0v) is 8.95. The quantitative estimate of drug-likeness (QED) is 0.782. The number of halogens is 1. The fraction of sp³-hybridized carbons (Fsp3) is 0.667. The minimum Gasteiger partial charge on any atom is -0.291 e. The van der Waals surface area contributed by atoms with Crippen molar-refractivity contribution in [2.45, 2.75) is 18.2 Å². The van der Waals surface area contributed by atoms with Crippen LogP contribution in [0.5, 0.6) is 0 Å². The van der Waals surface area contributed by atoms with Gasteiger partial charge in [-0.05, 0) is 11.6 Å². The van der Waals surface area contributed by atoms with E-state index < -0.39 is 0 Å². The van der Waals surface area contributed by atoms with Crippen LogP contribution in [0.3, 0.4) is 0 Å². The molecule has 0 saturated carbocycles. The summed E-state index contributed by atoms with van der Waals surface area (Å²) < 4.78 is 0. The Morgan fingerprint density at radius 1 is 1.77 bits per heavy atom. The van der Waals surface area contributed by atoms with Crippen LogP contribution in [0.2, 0.25) is 0 Å². The number of anilines is 1. The molecule has 0 aromatic carbocycles. The predicted molar refractivity (Wildman–Crippen MR) is 50.4 cm³/mol. The van der Waals surface area contributed by atoms with Gasteiger partial charge in [0.25, 0.3) is 5.95 Å². The van der Waals surface area contributed by atoms with E-state index in [9.17, 15) is 4.79 Å². The zero-order chi connectivity index (χ0) is 9.84. The fourth-order valence-corrected chi connectivity index (χ4v) is 0.823. The van der Waals surface area contributed by atoms with E-state index in [1.807, 2.05) is 6.92 Å². The molecule has 0 bridgehead atoms. The Bertz CT molecular complexity index is 299. The number of nitrogens with zero attached hydrogens (tertiary/aromatic N) is 4. The van der Waals surface area contributed by atoms with Gasteiger partial charge in [-0.25, -0.2) is 0 Å². The molecule has 1 aromatic heterocycles. The summed E-state index contributed by atoms with van der Waals surface area (Å²) in [4.78, 5) is 12.3. The molecule has 1 unspecified atom stereocenters. The van der Waals surface area contributed by atoms with Crippen LogP contribution in [0.25, 0.3) is 0 Å². The maximum Gasteiger partial charge on any atom is 0.270 e. The van der Waals surface area contributed by atoms with E-state index in [0.717, 1.165) is 0 Å². The van der Waals surface area contributed by atoms with E-state index in [4.69, 9.17) is 0 Å².